The van der Waals surface area contributed by atoms with Crippen LogP contribution < -0.4 is 5.32 Å². The highest BCUT2D eigenvalue weighted by atomic mass is 32.2. The lowest BCUT2D eigenvalue weighted by Crippen LogP contribution is -2.13. The summed E-state index contributed by atoms with van der Waals surface area (Å²) in [6, 6.07) is 13.6. The maximum absolute atomic E-state index is 13.2. The van der Waals surface area contributed by atoms with Gasteiger partial charge in [-0.3, -0.25) is 0 Å². The third-order valence-electron chi connectivity index (χ3n) is 2.90. The Morgan fingerprint density at radius 3 is 2.38 bits per heavy atom. The summed E-state index contributed by atoms with van der Waals surface area (Å²) in [4.78, 5) is 1.02. The molecule has 0 saturated heterocycles. The minimum atomic E-state index is -4.35. The van der Waals surface area contributed by atoms with Gasteiger partial charge in [0.2, 0.25) is 0 Å². The Kier molecular flexibility index (Phi) is 5.31. The molecule has 112 valence electrons. The van der Waals surface area contributed by atoms with Crippen molar-refractivity contribution >= 4 is 11.8 Å². The number of alkyl halides is 3. The Morgan fingerprint density at radius 1 is 1.05 bits per heavy atom. The van der Waals surface area contributed by atoms with Gasteiger partial charge in [0.1, 0.15) is 0 Å². The predicted molar refractivity (Wildman–Crippen MR) is 79.4 cm³/mol. The average Bonchev–Trinajstić information content (AvgIpc) is 2.46. The first-order chi connectivity index (χ1) is 10.0. The van der Waals surface area contributed by atoms with Crippen molar-refractivity contribution in [3.63, 3.8) is 0 Å². The lowest BCUT2D eigenvalue weighted by atomic mass is 10.1. The zero-order valence-corrected chi connectivity index (χ0v) is 12.4. The molecule has 0 spiro atoms. The van der Waals surface area contributed by atoms with E-state index in [4.69, 9.17) is 0 Å². The number of hydrogen-bond acceptors (Lipinski definition) is 2. The zero-order valence-electron chi connectivity index (χ0n) is 11.6. The van der Waals surface area contributed by atoms with Gasteiger partial charge in [0.15, 0.2) is 0 Å². The quantitative estimate of drug-likeness (QED) is 0.837. The molecule has 2 aromatic rings. The molecule has 0 fully saturated rings. The summed E-state index contributed by atoms with van der Waals surface area (Å²) >= 11 is 1.13. The van der Waals surface area contributed by atoms with Crippen molar-refractivity contribution in [2.75, 3.05) is 6.54 Å². The molecule has 0 saturated carbocycles. The summed E-state index contributed by atoms with van der Waals surface area (Å²) in [7, 11) is 0. The topological polar surface area (TPSA) is 12.0 Å². The molecule has 0 radical (unpaired) electrons. The summed E-state index contributed by atoms with van der Waals surface area (Å²) < 4.78 is 39.7. The van der Waals surface area contributed by atoms with Gasteiger partial charge in [0, 0.05) is 16.3 Å². The van der Waals surface area contributed by atoms with Gasteiger partial charge < -0.3 is 5.32 Å². The van der Waals surface area contributed by atoms with Crippen molar-refractivity contribution in [1.29, 1.82) is 0 Å². The highest BCUT2D eigenvalue weighted by Gasteiger charge is 2.33. The highest BCUT2D eigenvalue weighted by molar-refractivity contribution is 7.99. The average molecular weight is 311 g/mol. The van der Waals surface area contributed by atoms with Gasteiger partial charge in [-0.2, -0.15) is 13.2 Å². The SMILES string of the molecule is CCNCc1ccc(Sc2ccccc2)c(C(F)(F)F)c1. The Labute approximate surface area is 126 Å². The van der Waals surface area contributed by atoms with Crippen LogP contribution >= 0.6 is 11.8 Å². The molecule has 1 N–H and O–H groups in total. The van der Waals surface area contributed by atoms with Gasteiger partial charge in [-0.25, -0.2) is 0 Å². The zero-order chi connectivity index (χ0) is 15.3. The molecule has 1 nitrogen and oxygen atoms in total. The van der Waals surface area contributed by atoms with Crippen molar-refractivity contribution in [1.82, 2.24) is 5.32 Å². The van der Waals surface area contributed by atoms with Crippen LogP contribution in [0.1, 0.15) is 18.1 Å². The number of rotatable bonds is 5. The fourth-order valence-electron chi connectivity index (χ4n) is 1.88. The first-order valence-electron chi connectivity index (χ1n) is 6.64. The Balaban J connectivity index is 2.31. The van der Waals surface area contributed by atoms with Crippen LogP contribution in [0.25, 0.3) is 0 Å². The van der Waals surface area contributed by atoms with Crippen molar-refractivity contribution in [2.45, 2.75) is 29.4 Å². The van der Waals surface area contributed by atoms with Gasteiger partial charge in [-0.1, -0.05) is 43.0 Å². The summed E-state index contributed by atoms with van der Waals surface area (Å²) in [6.07, 6.45) is -4.35. The number of hydrogen-bond donors (Lipinski definition) is 1. The van der Waals surface area contributed by atoms with E-state index in [2.05, 4.69) is 5.32 Å². The molecule has 2 aromatic carbocycles. The molecular formula is C16H16F3NS. The Hall–Kier alpha value is -1.46. The number of halogens is 3. The van der Waals surface area contributed by atoms with Crippen LogP contribution in [0.15, 0.2) is 58.3 Å². The first kappa shape index (κ1) is 15.9. The van der Waals surface area contributed by atoms with E-state index in [0.29, 0.717) is 12.1 Å². The molecule has 21 heavy (non-hydrogen) atoms. The maximum atomic E-state index is 13.2. The molecule has 2 rings (SSSR count). The second-order valence-electron chi connectivity index (χ2n) is 4.52. The third kappa shape index (κ3) is 4.51. The van der Waals surface area contributed by atoms with Crippen LogP contribution in [0.2, 0.25) is 0 Å². The summed E-state index contributed by atoms with van der Waals surface area (Å²) in [5.41, 5.74) is 0.0633. The van der Waals surface area contributed by atoms with Crippen LogP contribution in [0.5, 0.6) is 0 Å². The second kappa shape index (κ2) is 7.00. The van der Waals surface area contributed by atoms with E-state index in [9.17, 15) is 13.2 Å². The molecule has 5 heteroatoms. The molecular weight excluding hydrogens is 295 g/mol. The van der Waals surface area contributed by atoms with Gasteiger partial charge >= 0.3 is 6.18 Å². The van der Waals surface area contributed by atoms with Gasteiger partial charge in [-0.15, -0.1) is 0 Å². The summed E-state index contributed by atoms with van der Waals surface area (Å²) in [5, 5.41) is 3.04. The van der Waals surface area contributed by atoms with E-state index in [1.54, 1.807) is 24.3 Å². The van der Waals surface area contributed by atoms with Gasteiger partial charge in [0.05, 0.1) is 5.56 Å². The van der Waals surface area contributed by atoms with Crippen LogP contribution in [-0.2, 0) is 12.7 Å². The smallest absolute Gasteiger partial charge is 0.313 e. The van der Waals surface area contributed by atoms with Crippen molar-refractivity contribution < 1.29 is 13.2 Å². The van der Waals surface area contributed by atoms with Crippen LogP contribution in [-0.4, -0.2) is 6.54 Å². The highest BCUT2D eigenvalue weighted by Crippen LogP contribution is 2.39. The monoisotopic (exact) mass is 311 g/mol. The van der Waals surface area contributed by atoms with E-state index in [-0.39, 0.29) is 4.90 Å². The van der Waals surface area contributed by atoms with Crippen LogP contribution in [0.3, 0.4) is 0 Å². The van der Waals surface area contributed by atoms with Crippen molar-refractivity contribution in [2.24, 2.45) is 0 Å². The largest absolute Gasteiger partial charge is 0.417 e. The molecule has 0 bridgehead atoms. The van der Waals surface area contributed by atoms with E-state index < -0.39 is 11.7 Å². The van der Waals surface area contributed by atoms with E-state index in [1.165, 1.54) is 6.07 Å². The predicted octanol–water partition coefficient (Wildman–Crippen LogP) is 4.97. The Bertz CT molecular complexity index is 582. The molecule has 0 heterocycles. The summed E-state index contributed by atoms with van der Waals surface area (Å²) in [6.45, 7) is 3.09. The second-order valence-corrected chi connectivity index (χ2v) is 5.64. The van der Waals surface area contributed by atoms with E-state index in [1.807, 2.05) is 25.1 Å². The lowest BCUT2D eigenvalue weighted by molar-refractivity contribution is -0.139. The van der Waals surface area contributed by atoms with Crippen molar-refractivity contribution in [3.05, 3.63) is 59.7 Å². The van der Waals surface area contributed by atoms with Crippen molar-refractivity contribution in [3.8, 4) is 0 Å². The maximum Gasteiger partial charge on any atom is 0.417 e. The fourth-order valence-corrected chi connectivity index (χ4v) is 2.85. The molecule has 0 aliphatic heterocycles. The fraction of sp³-hybridized carbons (Fsp3) is 0.250. The lowest BCUT2D eigenvalue weighted by Gasteiger charge is -2.14. The standard InChI is InChI=1S/C16H16F3NS/c1-2-20-11-12-8-9-15(14(10-12)16(17,18)19)21-13-6-4-3-5-7-13/h3-10,20H,2,11H2,1H3. The molecule has 0 aromatic heterocycles. The van der Waals surface area contributed by atoms with E-state index in [0.717, 1.165) is 23.2 Å². The van der Waals surface area contributed by atoms with Crippen LogP contribution in [0, 0.1) is 0 Å². The minimum absolute atomic E-state index is 0.231. The Morgan fingerprint density at radius 2 is 1.76 bits per heavy atom. The number of benzene rings is 2. The normalized spacial score (nSPS) is 11.6. The molecule has 0 unspecified atom stereocenters. The molecule has 0 atom stereocenters. The molecule has 0 aliphatic rings. The van der Waals surface area contributed by atoms with E-state index >= 15 is 0 Å². The number of nitrogens with one attached hydrogen (secondary N) is 1. The molecule has 0 aliphatic carbocycles. The van der Waals surface area contributed by atoms with Gasteiger partial charge in [-0.05, 0) is 36.4 Å². The summed E-state index contributed by atoms with van der Waals surface area (Å²) in [5.74, 6) is 0. The third-order valence-corrected chi connectivity index (χ3v) is 3.98. The first-order valence-corrected chi connectivity index (χ1v) is 7.46. The van der Waals surface area contributed by atoms with Crippen LogP contribution in [0.4, 0.5) is 13.2 Å². The van der Waals surface area contributed by atoms with Gasteiger partial charge in [0.25, 0.3) is 0 Å². The minimum Gasteiger partial charge on any atom is -0.313 e. The molecule has 0 amide bonds.